The Morgan fingerprint density at radius 1 is 1.19 bits per heavy atom. The molecule has 1 saturated heterocycles. The molecule has 144 valence electrons. The van der Waals surface area contributed by atoms with E-state index in [-0.39, 0.29) is 5.25 Å². The van der Waals surface area contributed by atoms with Gasteiger partial charge in [0.25, 0.3) is 0 Å². The third kappa shape index (κ3) is 3.50. The summed E-state index contributed by atoms with van der Waals surface area (Å²) in [6.45, 7) is 7.83. The van der Waals surface area contributed by atoms with Crippen LogP contribution in [0.4, 0.5) is 22.0 Å². The summed E-state index contributed by atoms with van der Waals surface area (Å²) in [6.07, 6.45) is 2.34. The zero-order valence-electron chi connectivity index (χ0n) is 14.0. The number of benzene rings is 1. The SMILES string of the molecule is C=C(C)[C@H]1CC[C@@]2(C)O[P@](=S)(Sc3c(F)c(F)c(F)c(F)c3F)S[C@@H]2C1. The number of fused-ring (bicyclic) bond motifs is 1. The minimum Gasteiger partial charge on any atom is -0.326 e. The molecular formula is C16H16F5OPS3. The Balaban J connectivity index is 1.91. The Kier molecular flexibility index (Phi) is 5.61. The van der Waals surface area contributed by atoms with Gasteiger partial charge in [-0.3, -0.25) is 0 Å². The molecule has 1 saturated carbocycles. The monoisotopic (exact) mass is 446 g/mol. The molecule has 1 nitrogen and oxygen atoms in total. The normalized spacial score (nSPS) is 34.0. The molecule has 1 aromatic carbocycles. The summed E-state index contributed by atoms with van der Waals surface area (Å²) in [6, 6.07) is 0. The highest BCUT2D eigenvalue weighted by atomic mass is 33.2. The fourth-order valence-electron chi connectivity index (χ4n) is 3.20. The van der Waals surface area contributed by atoms with Crippen LogP contribution >= 0.6 is 27.4 Å². The van der Waals surface area contributed by atoms with E-state index >= 15 is 0 Å². The summed E-state index contributed by atoms with van der Waals surface area (Å²) in [4.78, 5) is -0.962. The minimum absolute atomic E-state index is 0.00227. The molecule has 3 rings (SSSR count). The first-order valence-electron chi connectivity index (χ1n) is 7.83. The molecule has 0 N–H and O–H groups in total. The van der Waals surface area contributed by atoms with Gasteiger partial charge in [-0.2, -0.15) is 0 Å². The molecule has 2 fully saturated rings. The summed E-state index contributed by atoms with van der Waals surface area (Å²) in [5.41, 5.74) is 0.490. The molecule has 1 aliphatic heterocycles. The van der Waals surface area contributed by atoms with Crippen LogP contribution in [0.3, 0.4) is 0 Å². The smallest absolute Gasteiger partial charge is 0.200 e. The van der Waals surface area contributed by atoms with E-state index < -0.39 is 44.3 Å². The van der Waals surface area contributed by atoms with Crippen molar-refractivity contribution in [1.29, 1.82) is 0 Å². The zero-order valence-corrected chi connectivity index (χ0v) is 17.3. The molecule has 0 bridgehead atoms. The van der Waals surface area contributed by atoms with Crippen molar-refractivity contribution in [2.24, 2.45) is 5.92 Å². The quantitative estimate of drug-likeness (QED) is 0.163. The second-order valence-corrected chi connectivity index (χ2v) is 17.1. The second kappa shape index (κ2) is 7.07. The first-order chi connectivity index (χ1) is 12.0. The number of hydrogen-bond acceptors (Lipinski definition) is 4. The van der Waals surface area contributed by atoms with Crippen molar-refractivity contribution >= 4 is 39.2 Å². The number of halogens is 5. The summed E-state index contributed by atoms with van der Waals surface area (Å²) >= 11 is 7.26. The van der Waals surface area contributed by atoms with Crippen molar-refractivity contribution in [1.82, 2.24) is 0 Å². The zero-order chi connectivity index (χ0) is 19.4. The van der Waals surface area contributed by atoms with Gasteiger partial charge in [0.1, 0.15) is 0 Å². The molecule has 1 heterocycles. The summed E-state index contributed by atoms with van der Waals surface area (Å²) < 4.78 is 71.3. The highest BCUT2D eigenvalue weighted by molar-refractivity contribution is 8.99. The van der Waals surface area contributed by atoms with Crippen molar-refractivity contribution in [3.05, 3.63) is 41.2 Å². The topological polar surface area (TPSA) is 9.23 Å². The Labute approximate surface area is 161 Å². The van der Waals surface area contributed by atoms with Gasteiger partial charge < -0.3 is 4.52 Å². The molecular weight excluding hydrogens is 430 g/mol. The van der Waals surface area contributed by atoms with Gasteiger partial charge in [0.2, 0.25) is 5.82 Å². The van der Waals surface area contributed by atoms with Crippen LogP contribution in [0.15, 0.2) is 17.0 Å². The molecule has 0 aromatic heterocycles. The highest BCUT2D eigenvalue weighted by Gasteiger charge is 2.53. The Morgan fingerprint density at radius 3 is 2.27 bits per heavy atom. The van der Waals surface area contributed by atoms with Crippen LogP contribution < -0.4 is 0 Å². The standard InChI is InChI=1S/C16H16F5OPS3/c1-7(2)8-4-5-16(3)9(6-8)25-23(24,22-16)26-15-13(20)11(18)10(17)12(19)14(15)21/h8-9H,1,4-6H2,2-3H3/t8-,9+,16+,23+/m0/s1. The van der Waals surface area contributed by atoms with Crippen molar-refractivity contribution in [3.63, 3.8) is 0 Å². The van der Waals surface area contributed by atoms with Crippen molar-refractivity contribution in [2.45, 2.75) is 48.9 Å². The van der Waals surface area contributed by atoms with Crippen LogP contribution in [0.1, 0.15) is 33.1 Å². The van der Waals surface area contributed by atoms with Gasteiger partial charge in [-0.05, 0) is 62.2 Å². The molecule has 26 heavy (non-hydrogen) atoms. The minimum atomic E-state index is -2.93. The van der Waals surface area contributed by atoms with Crippen LogP contribution in [0.5, 0.6) is 0 Å². The molecule has 10 heteroatoms. The molecule has 0 amide bonds. The van der Waals surface area contributed by atoms with E-state index in [1.165, 1.54) is 11.4 Å². The summed E-state index contributed by atoms with van der Waals surface area (Å²) in [7, 11) is 0. The number of hydrogen-bond donors (Lipinski definition) is 0. The third-order valence-electron chi connectivity index (χ3n) is 4.82. The first-order valence-corrected chi connectivity index (χ1v) is 13.5. The van der Waals surface area contributed by atoms with Gasteiger partial charge in [0.15, 0.2) is 27.9 Å². The lowest BCUT2D eigenvalue weighted by Gasteiger charge is -2.37. The highest BCUT2D eigenvalue weighted by Crippen LogP contribution is 2.82. The lowest BCUT2D eigenvalue weighted by Crippen LogP contribution is -2.40. The van der Waals surface area contributed by atoms with Crippen LogP contribution in [0.25, 0.3) is 0 Å². The largest absolute Gasteiger partial charge is 0.326 e. The van der Waals surface area contributed by atoms with E-state index in [0.717, 1.165) is 18.4 Å². The van der Waals surface area contributed by atoms with Crippen LogP contribution in [-0.2, 0) is 16.3 Å². The third-order valence-corrected chi connectivity index (χ3v) is 13.7. The first kappa shape index (κ1) is 20.6. The average Bonchev–Trinajstić information content (AvgIpc) is 2.84. The van der Waals surface area contributed by atoms with Crippen molar-refractivity contribution < 1.29 is 26.5 Å². The summed E-state index contributed by atoms with van der Waals surface area (Å²) in [5, 5.41) is -0.00227. The number of rotatable bonds is 3. The van der Waals surface area contributed by atoms with Gasteiger partial charge in [-0.1, -0.05) is 23.5 Å². The molecule has 2 aliphatic rings. The molecule has 0 unspecified atom stereocenters. The molecule has 1 aromatic rings. The molecule has 4 atom stereocenters. The van der Waals surface area contributed by atoms with E-state index in [0.29, 0.717) is 23.7 Å². The van der Waals surface area contributed by atoms with Crippen LogP contribution in [0, 0.1) is 35.0 Å². The second-order valence-electron chi connectivity index (χ2n) is 6.75. The number of allylic oxidation sites excluding steroid dienone is 1. The summed E-state index contributed by atoms with van der Waals surface area (Å²) in [5.74, 6) is -9.53. The van der Waals surface area contributed by atoms with Crippen molar-refractivity contribution in [3.8, 4) is 0 Å². The molecule has 1 aliphatic carbocycles. The maximum atomic E-state index is 14.0. The maximum Gasteiger partial charge on any atom is 0.200 e. The van der Waals surface area contributed by atoms with Gasteiger partial charge in [0.05, 0.1) is 10.5 Å². The maximum absolute atomic E-state index is 14.0. The Hall–Kier alpha value is -0.0800. The molecule has 0 radical (unpaired) electrons. The van der Waals surface area contributed by atoms with E-state index in [4.69, 9.17) is 16.3 Å². The Bertz CT molecular complexity index is 804. The predicted molar refractivity (Wildman–Crippen MR) is 99.4 cm³/mol. The van der Waals surface area contributed by atoms with Crippen LogP contribution in [0.2, 0.25) is 0 Å². The van der Waals surface area contributed by atoms with Crippen molar-refractivity contribution in [2.75, 3.05) is 0 Å². The fourth-order valence-corrected chi connectivity index (χ4v) is 14.2. The lowest BCUT2D eigenvalue weighted by atomic mass is 9.77. The van der Waals surface area contributed by atoms with E-state index in [1.807, 2.05) is 13.8 Å². The van der Waals surface area contributed by atoms with Gasteiger partial charge in [-0.15, -0.1) is 0 Å². The van der Waals surface area contributed by atoms with Gasteiger partial charge in [-0.25, -0.2) is 22.0 Å². The van der Waals surface area contributed by atoms with E-state index in [9.17, 15) is 22.0 Å². The fraction of sp³-hybridized carbons (Fsp3) is 0.500. The van der Waals surface area contributed by atoms with Gasteiger partial charge in [0, 0.05) is 5.25 Å². The predicted octanol–water partition coefficient (Wildman–Crippen LogP) is 6.97. The van der Waals surface area contributed by atoms with Crippen LogP contribution in [-0.4, -0.2) is 10.9 Å². The molecule has 0 spiro atoms. The van der Waals surface area contributed by atoms with E-state index in [1.54, 1.807) is 0 Å². The van der Waals surface area contributed by atoms with Gasteiger partial charge >= 0.3 is 0 Å². The average molecular weight is 446 g/mol. The Morgan fingerprint density at radius 2 is 1.73 bits per heavy atom. The van der Waals surface area contributed by atoms with E-state index in [2.05, 4.69) is 6.58 Å². The lowest BCUT2D eigenvalue weighted by molar-refractivity contribution is 0.0696.